The first-order valence-corrected chi connectivity index (χ1v) is 9.11. The van der Waals surface area contributed by atoms with Crippen LogP contribution in [-0.2, 0) is 4.79 Å². The van der Waals surface area contributed by atoms with Crippen LogP contribution < -0.4 is 10.1 Å². The van der Waals surface area contributed by atoms with Crippen LogP contribution in [-0.4, -0.2) is 68.1 Å². The van der Waals surface area contributed by atoms with E-state index < -0.39 is 0 Å². The summed E-state index contributed by atoms with van der Waals surface area (Å²) >= 11 is 0. The van der Waals surface area contributed by atoms with Gasteiger partial charge in [0.25, 0.3) is 5.91 Å². The maximum atomic E-state index is 12.3. The number of carbonyl (C=O) groups excluding carboxylic acids is 1. The summed E-state index contributed by atoms with van der Waals surface area (Å²) in [7, 11) is 0. The fraction of sp³-hybridized carbons (Fsp3) is 0.632. The molecule has 0 radical (unpaired) electrons. The summed E-state index contributed by atoms with van der Waals surface area (Å²) in [6, 6.07) is 7.83. The van der Waals surface area contributed by atoms with E-state index in [0.717, 1.165) is 50.9 Å². The molecule has 0 aliphatic carbocycles. The number of aryl methyl sites for hydroxylation is 1. The van der Waals surface area contributed by atoms with Crippen molar-refractivity contribution in [2.24, 2.45) is 5.92 Å². The summed E-state index contributed by atoms with van der Waals surface area (Å²) in [5, 5.41) is 3.48. The molecule has 3 rings (SSSR count). The van der Waals surface area contributed by atoms with E-state index in [1.165, 1.54) is 24.9 Å². The van der Waals surface area contributed by atoms with E-state index in [-0.39, 0.29) is 12.5 Å². The molecule has 2 aliphatic heterocycles. The molecule has 5 nitrogen and oxygen atoms in total. The monoisotopic (exact) mass is 331 g/mol. The lowest BCUT2D eigenvalue weighted by Gasteiger charge is -2.37. The summed E-state index contributed by atoms with van der Waals surface area (Å²) in [5.74, 6) is 1.62. The van der Waals surface area contributed by atoms with E-state index in [2.05, 4.69) is 10.2 Å². The van der Waals surface area contributed by atoms with Gasteiger partial charge in [0, 0.05) is 32.7 Å². The zero-order valence-corrected chi connectivity index (χ0v) is 14.7. The van der Waals surface area contributed by atoms with Crippen molar-refractivity contribution in [3.05, 3.63) is 29.8 Å². The third-order valence-electron chi connectivity index (χ3n) is 5.02. The maximum absolute atomic E-state index is 12.3. The Hall–Kier alpha value is -1.59. The average Bonchev–Trinajstić information content (AvgIpc) is 2.62. The highest BCUT2D eigenvalue weighted by Gasteiger charge is 2.24. The van der Waals surface area contributed by atoms with Gasteiger partial charge in [0.1, 0.15) is 5.75 Å². The van der Waals surface area contributed by atoms with Gasteiger partial charge in [0.05, 0.1) is 0 Å². The first-order valence-electron chi connectivity index (χ1n) is 9.11. The van der Waals surface area contributed by atoms with Crippen LogP contribution >= 0.6 is 0 Å². The van der Waals surface area contributed by atoms with Crippen LogP contribution in [0.2, 0.25) is 0 Å². The van der Waals surface area contributed by atoms with Gasteiger partial charge in [-0.3, -0.25) is 9.69 Å². The Morgan fingerprint density at radius 2 is 1.96 bits per heavy atom. The molecule has 0 spiro atoms. The molecule has 2 saturated heterocycles. The second kappa shape index (κ2) is 8.49. The minimum Gasteiger partial charge on any atom is -0.484 e. The van der Waals surface area contributed by atoms with Crippen LogP contribution in [0, 0.1) is 12.8 Å². The Balaban J connectivity index is 1.37. The molecular formula is C19H29N3O2. The van der Waals surface area contributed by atoms with Crippen molar-refractivity contribution in [3.8, 4) is 5.75 Å². The minimum absolute atomic E-state index is 0.0922. The van der Waals surface area contributed by atoms with Gasteiger partial charge >= 0.3 is 0 Å². The lowest BCUT2D eigenvalue weighted by Crippen LogP contribution is -2.51. The summed E-state index contributed by atoms with van der Waals surface area (Å²) in [5.41, 5.74) is 1.19. The number of rotatable bonds is 5. The van der Waals surface area contributed by atoms with Crippen molar-refractivity contribution >= 4 is 5.91 Å². The largest absolute Gasteiger partial charge is 0.484 e. The maximum Gasteiger partial charge on any atom is 0.260 e. The summed E-state index contributed by atoms with van der Waals surface area (Å²) in [4.78, 5) is 16.7. The summed E-state index contributed by atoms with van der Waals surface area (Å²) < 4.78 is 5.61. The Kier molecular flexibility index (Phi) is 6.10. The highest BCUT2D eigenvalue weighted by atomic mass is 16.5. The number of piperazine rings is 1. The predicted octanol–water partition coefficient (Wildman–Crippen LogP) is 1.52. The predicted molar refractivity (Wildman–Crippen MR) is 95.3 cm³/mol. The molecule has 132 valence electrons. The minimum atomic E-state index is 0.0922. The number of benzene rings is 1. The summed E-state index contributed by atoms with van der Waals surface area (Å²) in [6.07, 6.45) is 2.62. The van der Waals surface area contributed by atoms with Gasteiger partial charge in [0.15, 0.2) is 6.61 Å². The molecule has 2 aliphatic rings. The van der Waals surface area contributed by atoms with Crippen molar-refractivity contribution in [1.29, 1.82) is 0 Å². The lowest BCUT2D eigenvalue weighted by atomic mass is 9.99. The van der Waals surface area contributed by atoms with E-state index in [1.54, 1.807) is 0 Å². The van der Waals surface area contributed by atoms with Gasteiger partial charge < -0.3 is 15.0 Å². The average molecular weight is 331 g/mol. The molecule has 1 aromatic rings. The fourth-order valence-corrected chi connectivity index (χ4v) is 3.50. The molecule has 5 heteroatoms. The molecule has 2 heterocycles. The number of hydrogen-bond donors (Lipinski definition) is 1. The third-order valence-corrected chi connectivity index (χ3v) is 5.02. The molecule has 0 saturated carbocycles. The van der Waals surface area contributed by atoms with Crippen LogP contribution in [0.3, 0.4) is 0 Å². The quantitative estimate of drug-likeness (QED) is 0.888. The van der Waals surface area contributed by atoms with Gasteiger partial charge in [-0.05, 0) is 50.9 Å². The fourth-order valence-electron chi connectivity index (χ4n) is 3.50. The van der Waals surface area contributed by atoms with Crippen molar-refractivity contribution in [1.82, 2.24) is 15.1 Å². The van der Waals surface area contributed by atoms with Crippen LogP contribution in [0.4, 0.5) is 0 Å². The topological polar surface area (TPSA) is 44.8 Å². The van der Waals surface area contributed by atoms with E-state index in [4.69, 9.17) is 4.74 Å². The summed E-state index contributed by atoms with van der Waals surface area (Å²) in [6.45, 7) is 9.23. The smallest absolute Gasteiger partial charge is 0.260 e. The van der Waals surface area contributed by atoms with Gasteiger partial charge in [-0.15, -0.1) is 0 Å². The molecule has 1 amide bonds. The molecule has 1 unspecified atom stereocenters. The van der Waals surface area contributed by atoms with E-state index in [9.17, 15) is 4.79 Å². The Bertz CT molecular complexity index is 518. The number of hydrogen-bond acceptors (Lipinski definition) is 4. The van der Waals surface area contributed by atoms with E-state index >= 15 is 0 Å². The van der Waals surface area contributed by atoms with E-state index in [1.807, 2.05) is 36.1 Å². The second-order valence-corrected chi connectivity index (χ2v) is 7.00. The van der Waals surface area contributed by atoms with Crippen molar-refractivity contribution in [2.75, 3.05) is 52.4 Å². The number of ether oxygens (including phenoxy) is 1. The normalized spacial score (nSPS) is 22.4. The molecule has 1 N–H and O–H groups in total. The standard InChI is InChI=1S/C19H29N3O2/c1-16-4-6-18(7-5-16)24-15-19(23)22-11-9-21(10-12-22)14-17-3-2-8-20-13-17/h4-7,17,20H,2-3,8-15H2,1H3. The SMILES string of the molecule is Cc1ccc(OCC(=O)N2CCN(CC3CCCNC3)CC2)cc1. The second-order valence-electron chi connectivity index (χ2n) is 7.00. The van der Waals surface area contributed by atoms with Gasteiger partial charge in [0.2, 0.25) is 0 Å². The number of nitrogens with zero attached hydrogens (tertiary/aromatic N) is 2. The van der Waals surface area contributed by atoms with Crippen molar-refractivity contribution < 1.29 is 9.53 Å². The van der Waals surface area contributed by atoms with Crippen LogP contribution in [0.1, 0.15) is 18.4 Å². The van der Waals surface area contributed by atoms with Crippen molar-refractivity contribution in [2.45, 2.75) is 19.8 Å². The highest BCUT2D eigenvalue weighted by molar-refractivity contribution is 5.77. The lowest BCUT2D eigenvalue weighted by molar-refractivity contribution is -0.135. The zero-order valence-electron chi connectivity index (χ0n) is 14.7. The molecular weight excluding hydrogens is 302 g/mol. The molecule has 1 atom stereocenters. The zero-order chi connectivity index (χ0) is 16.8. The van der Waals surface area contributed by atoms with Crippen LogP contribution in [0.15, 0.2) is 24.3 Å². The number of nitrogens with one attached hydrogen (secondary N) is 1. The van der Waals surface area contributed by atoms with Crippen molar-refractivity contribution in [3.63, 3.8) is 0 Å². The van der Waals surface area contributed by atoms with Crippen LogP contribution in [0.25, 0.3) is 0 Å². The highest BCUT2D eigenvalue weighted by Crippen LogP contribution is 2.14. The molecule has 2 fully saturated rings. The Labute approximate surface area is 145 Å². The third kappa shape index (κ3) is 4.95. The number of amides is 1. The van der Waals surface area contributed by atoms with E-state index in [0.29, 0.717) is 0 Å². The number of piperidine rings is 1. The molecule has 0 bridgehead atoms. The first-order chi connectivity index (χ1) is 11.7. The molecule has 24 heavy (non-hydrogen) atoms. The molecule has 1 aromatic carbocycles. The first kappa shape index (κ1) is 17.2. The van der Waals surface area contributed by atoms with Crippen LogP contribution in [0.5, 0.6) is 5.75 Å². The number of carbonyl (C=O) groups is 1. The van der Waals surface area contributed by atoms with Gasteiger partial charge in [-0.1, -0.05) is 17.7 Å². The molecule has 0 aromatic heterocycles. The van der Waals surface area contributed by atoms with Gasteiger partial charge in [-0.2, -0.15) is 0 Å². The Morgan fingerprint density at radius 3 is 2.62 bits per heavy atom. The van der Waals surface area contributed by atoms with Gasteiger partial charge in [-0.25, -0.2) is 0 Å². The Morgan fingerprint density at radius 1 is 1.21 bits per heavy atom.